The Hall–Kier alpha value is -1.93. The molecular weight excluding hydrogens is 318 g/mol. The number of para-hydroxylation sites is 1. The highest BCUT2D eigenvalue weighted by atomic mass is 32.2. The molecule has 0 bridgehead atoms. The van der Waals surface area contributed by atoms with E-state index in [1.807, 2.05) is 18.2 Å². The molecule has 1 atom stereocenters. The molecule has 1 fully saturated rings. The second kappa shape index (κ2) is 5.93. The summed E-state index contributed by atoms with van der Waals surface area (Å²) < 4.78 is 24.5. The first-order valence-electron chi connectivity index (χ1n) is 7.49. The van der Waals surface area contributed by atoms with Crippen LogP contribution in [0.1, 0.15) is 17.9 Å². The smallest absolute Gasteiger partial charge is 0.230 e. The van der Waals surface area contributed by atoms with Crippen molar-refractivity contribution in [2.45, 2.75) is 12.3 Å². The monoisotopic (exact) mass is 337 g/mol. The van der Waals surface area contributed by atoms with Crippen molar-refractivity contribution in [1.29, 1.82) is 0 Å². The van der Waals surface area contributed by atoms with Gasteiger partial charge in [0.05, 0.1) is 12.2 Å². The summed E-state index contributed by atoms with van der Waals surface area (Å²) in [6.45, 7) is 1.30. The quantitative estimate of drug-likeness (QED) is 0.836. The summed E-state index contributed by atoms with van der Waals surface area (Å²) in [6.07, 6.45) is 1.30. The molecule has 0 aromatic heterocycles. The number of hydrogen-bond donors (Lipinski definition) is 1. The molecule has 7 nitrogen and oxygen atoms in total. The van der Waals surface area contributed by atoms with Gasteiger partial charge in [0.1, 0.15) is 0 Å². The van der Waals surface area contributed by atoms with Crippen molar-refractivity contribution in [2.75, 3.05) is 37.8 Å². The van der Waals surface area contributed by atoms with E-state index >= 15 is 0 Å². The van der Waals surface area contributed by atoms with Crippen LogP contribution >= 0.6 is 0 Å². The SMILES string of the molecule is CS(=O)(=O)N1CCN(C(=O)C2CC(=O)Nc3ccccc32)CC1. The normalized spacial score (nSPS) is 22.4. The van der Waals surface area contributed by atoms with Crippen LogP contribution in [0, 0.1) is 0 Å². The van der Waals surface area contributed by atoms with E-state index < -0.39 is 15.9 Å². The van der Waals surface area contributed by atoms with E-state index in [9.17, 15) is 18.0 Å². The lowest BCUT2D eigenvalue weighted by atomic mass is 9.89. The van der Waals surface area contributed by atoms with Crippen LogP contribution in [0.2, 0.25) is 0 Å². The topological polar surface area (TPSA) is 86.8 Å². The number of carbonyl (C=O) groups is 2. The molecule has 1 aromatic carbocycles. The minimum Gasteiger partial charge on any atom is -0.340 e. The van der Waals surface area contributed by atoms with Crippen LogP contribution in [0.15, 0.2) is 24.3 Å². The summed E-state index contributed by atoms with van der Waals surface area (Å²) in [7, 11) is -3.23. The Morgan fingerprint density at radius 2 is 1.83 bits per heavy atom. The number of carbonyl (C=O) groups excluding carboxylic acids is 2. The summed E-state index contributed by atoms with van der Waals surface area (Å²) in [4.78, 5) is 26.3. The minimum atomic E-state index is -3.23. The first-order valence-corrected chi connectivity index (χ1v) is 9.34. The number of benzene rings is 1. The maximum Gasteiger partial charge on any atom is 0.230 e. The molecule has 1 unspecified atom stereocenters. The van der Waals surface area contributed by atoms with Crippen LogP contribution in [0.4, 0.5) is 5.69 Å². The second-order valence-electron chi connectivity index (χ2n) is 5.88. The molecule has 23 heavy (non-hydrogen) atoms. The molecule has 8 heteroatoms. The van der Waals surface area contributed by atoms with Gasteiger partial charge in [0.2, 0.25) is 21.8 Å². The lowest BCUT2D eigenvalue weighted by Crippen LogP contribution is -2.51. The van der Waals surface area contributed by atoms with Gasteiger partial charge >= 0.3 is 0 Å². The van der Waals surface area contributed by atoms with Crippen molar-refractivity contribution in [3.8, 4) is 0 Å². The number of nitrogens with zero attached hydrogens (tertiary/aromatic N) is 2. The number of nitrogens with one attached hydrogen (secondary N) is 1. The number of piperazine rings is 1. The lowest BCUT2D eigenvalue weighted by Gasteiger charge is -2.36. The van der Waals surface area contributed by atoms with Gasteiger partial charge < -0.3 is 10.2 Å². The molecule has 2 aliphatic heterocycles. The molecule has 0 saturated carbocycles. The largest absolute Gasteiger partial charge is 0.340 e. The summed E-state index contributed by atoms with van der Waals surface area (Å²) >= 11 is 0. The standard InChI is InChI=1S/C15H19N3O4S/c1-23(21,22)18-8-6-17(7-9-18)15(20)12-10-14(19)16-13-5-3-2-4-11(12)13/h2-5,12H,6-10H2,1H3,(H,16,19). The van der Waals surface area contributed by atoms with E-state index in [-0.39, 0.29) is 18.2 Å². The summed E-state index contributed by atoms with van der Waals surface area (Å²) in [5, 5.41) is 2.78. The van der Waals surface area contributed by atoms with Crippen molar-refractivity contribution in [2.24, 2.45) is 0 Å². The number of rotatable bonds is 2. The molecule has 1 N–H and O–H groups in total. The van der Waals surface area contributed by atoms with Crippen molar-refractivity contribution in [1.82, 2.24) is 9.21 Å². The van der Waals surface area contributed by atoms with Crippen LogP contribution in [0.25, 0.3) is 0 Å². The predicted molar refractivity (Wildman–Crippen MR) is 85.4 cm³/mol. The zero-order chi connectivity index (χ0) is 16.6. The van der Waals surface area contributed by atoms with E-state index in [1.54, 1.807) is 11.0 Å². The summed E-state index contributed by atoms with van der Waals surface area (Å²) in [5.41, 5.74) is 1.50. The molecule has 2 aliphatic rings. The third-order valence-corrected chi connectivity index (χ3v) is 5.62. The number of anilines is 1. The molecule has 2 heterocycles. The first-order chi connectivity index (χ1) is 10.9. The summed E-state index contributed by atoms with van der Waals surface area (Å²) in [5.74, 6) is -0.776. The van der Waals surface area contributed by atoms with Gasteiger partial charge in [-0.05, 0) is 11.6 Å². The Kier molecular flexibility index (Phi) is 4.11. The van der Waals surface area contributed by atoms with Crippen LogP contribution in [-0.4, -0.2) is 61.9 Å². The van der Waals surface area contributed by atoms with Crippen molar-refractivity contribution >= 4 is 27.5 Å². The molecule has 0 radical (unpaired) electrons. The Labute approximate surface area is 135 Å². The zero-order valence-electron chi connectivity index (χ0n) is 12.9. The van der Waals surface area contributed by atoms with E-state index in [0.29, 0.717) is 31.9 Å². The van der Waals surface area contributed by atoms with Crippen molar-refractivity contribution in [3.05, 3.63) is 29.8 Å². The Balaban J connectivity index is 1.76. The van der Waals surface area contributed by atoms with E-state index in [1.165, 1.54) is 10.6 Å². The molecule has 3 rings (SSSR count). The van der Waals surface area contributed by atoms with Crippen LogP contribution in [0.3, 0.4) is 0 Å². The molecule has 1 saturated heterocycles. The van der Waals surface area contributed by atoms with E-state index in [0.717, 1.165) is 5.56 Å². The first kappa shape index (κ1) is 15.9. The van der Waals surface area contributed by atoms with E-state index in [2.05, 4.69) is 5.32 Å². The van der Waals surface area contributed by atoms with Gasteiger partial charge in [0.15, 0.2) is 0 Å². The van der Waals surface area contributed by atoms with Gasteiger partial charge in [-0.1, -0.05) is 18.2 Å². The van der Waals surface area contributed by atoms with Crippen molar-refractivity contribution in [3.63, 3.8) is 0 Å². The fraction of sp³-hybridized carbons (Fsp3) is 0.467. The van der Waals surface area contributed by atoms with Gasteiger partial charge in [0, 0.05) is 38.3 Å². The highest BCUT2D eigenvalue weighted by Crippen LogP contribution is 2.33. The van der Waals surface area contributed by atoms with Crippen LogP contribution in [-0.2, 0) is 19.6 Å². The third-order valence-electron chi connectivity index (χ3n) is 4.32. The highest BCUT2D eigenvalue weighted by Gasteiger charge is 2.35. The fourth-order valence-corrected chi connectivity index (χ4v) is 3.92. The summed E-state index contributed by atoms with van der Waals surface area (Å²) in [6, 6.07) is 7.30. The molecular formula is C15H19N3O4S. The van der Waals surface area contributed by atoms with Gasteiger partial charge in [0.25, 0.3) is 0 Å². The highest BCUT2D eigenvalue weighted by molar-refractivity contribution is 7.88. The van der Waals surface area contributed by atoms with Gasteiger partial charge in [-0.3, -0.25) is 9.59 Å². The van der Waals surface area contributed by atoms with E-state index in [4.69, 9.17) is 0 Å². The molecule has 124 valence electrons. The number of amides is 2. The van der Waals surface area contributed by atoms with Crippen LogP contribution < -0.4 is 5.32 Å². The molecule has 2 amide bonds. The van der Waals surface area contributed by atoms with Gasteiger partial charge in [-0.25, -0.2) is 8.42 Å². The number of hydrogen-bond acceptors (Lipinski definition) is 4. The Morgan fingerprint density at radius 1 is 1.17 bits per heavy atom. The third kappa shape index (κ3) is 3.23. The zero-order valence-corrected chi connectivity index (χ0v) is 13.7. The Morgan fingerprint density at radius 3 is 2.48 bits per heavy atom. The fourth-order valence-electron chi connectivity index (χ4n) is 3.09. The van der Waals surface area contributed by atoms with Gasteiger partial charge in [-0.15, -0.1) is 0 Å². The Bertz CT molecular complexity index is 739. The molecule has 0 spiro atoms. The number of fused-ring (bicyclic) bond motifs is 1. The molecule has 0 aliphatic carbocycles. The number of sulfonamides is 1. The second-order valence-corrected chi connectivity index (χ2v) is 7.86. The maximum atomic E-state index is 12.8. The predicted octanol–water partition coefficient (Wildman–Crippen LogP) is 0.216. The van der Waals surface area contributed by atoms with Crippen LogP contribution in [0.5, 0.6) is 0 Å². The lowest BCUT2D eigenvalue weighted by molar-refractivity contribution is -0.136. The average molecular weight is 337 g/mol. The van der Waals surface area contributed by atoms with Crippen molar-refractivity contribution < 1.29 is 18.0 Å². The molecule has 1 aromatic rings. The maximum absolute atomic E-state index is 12.8. The minimum absolute atomic E-state index is 0.111. The van der Waals surface area contributed by atoms with Gasteiger partial charge in [-0.2, -0.15) is 4.31 Å². The average Bonchev–Trinajstić information content (AvgIpc) is 2.52.